The van der Waals surface area contributed by atoms with Gasteiger partial charge in [-0.2, -0.15) is 0 Å². The second kappa shape index (κ2) is 5.74. The molecule has 1 aromatic heterocycles. The molecule has 0 amide bonds. The van der Waals surface area contributed by atoms with Crippen molar-refractivity contribution < 1.29 is 22.8 Å². The number of nitrogens with zero attached hydrogens (tertiary/aromatic N) is 1. The van der Waals surface area contributed by atoms with Crippen LogP contribution in [-0.4, -0.2) is 24.7 Å². The maximum Gasteiger partial charge on any atom is 0.335 e. The summed E-state index contributed by atoms with van der Waals surface area (Å²) < 4.78 is 31.0. The van der Waals surface area contributed by atoms with Crippen molar-refractivity contribution in [2.24, 2.45) is 0 Å². The van der Waals surface area contributed by atoms with Crippen molar-refractivity contribution in [2.45, 2.75) is 12.7 Å². The fourth-order valence-corrected chi connectivity index (χ4v) is 2.98. The molecule has 0 unspecified atom stereocenters. The smallest absolute Gasteiger partial charge is 0.335 e. The highest BCUT2D eigenvalue weighted by molar-refractivity contribution is 7.91. The molecule has 0 aliphatic rings. The number of carboxylic acids is 1. The van der Waals surface area contributed by atoms with Crippen LogP contribution in [0.1, 0.15) is 21.8 Å². The van der Waals surface area contributed by atoms with Gasteiger partial charge in [-0.1, -0.05) is 16.8 Å². The number of aryl methyl sites for hydroxylation is 1. The van der Waals surface area contributed by atoms with Crippen LogP contribution >= 0.6 is 11.6 Å². The number of aromatic carboxylic acids is 1. The zero-order chi connectivity index (χ0) is 15.6. The van der Waals surface area contributed by atoms with E-state index in [-0.39, 0.29) is 27.7 Å². The quantitative estimate of drug-likeness (QED) is 0.870. The lowest BCUT2D eigenvalue weighted by Gasteiger charge is -2.08. The molecule has 2 rings (SSSR count). The number of anilines is 1. The van der Waals surface area contributed by atoms with Crippen LogP contribution in [0.2, 0.25) is 5.02 Å². The Kier molecular flexibility index (Phi) is 4.19. The third-order valence-electron chi connectivity index (χ3n) is 2.43. The Morgan fingerprint density at radius 2 is 2.10 bits per heavy atom. The van der Waals surface area contributed by atoms with Gasteiger partial charge in [0.25, 0.3) is 0 Å². The molecule has 0 aliphatic carbocycles. The SMILES string of the molecule is Cc1cc(CS(=O)(=O)Nc2cc(Cl)cc(C(=O)O)c2)no1. The molecule has 1 aromatic carbocycles. The van der Waals surface area contributed by atoms with Crippen LogP contribution in [0.25, 0.3) is 0 Å². The van der Waals surface area contributed by atoms with Crippen molar-refractivity contribution in [3.05, 3.63) is 46.3 Å². The van der Waals surface area contributed by atoms with Gasteiger partial charge in [0, 0.05) is 11.1 Å². The second-order valence-electron chi connectivity index (χ2n) is 4.32. The van der Waals surface area contributed by atoms with E-state index in [2.05, 4.69) is 9.88 Å². The maximum atomic E-state index is 12.0. The monoisotopic (exact) mass is 330 g/mol. The van der Waals surface area contributed by atoms with Gasteiger partial charge in [0.1, 0.15) is 17.2 Å². The Hall–Kier alpha value is -2.06. The molecule has 0 saturated carbocycles. The van der Waals surface area contributed by atoms with Gasteiger partial charge in [0.15, 0.2) is 0 Å². The van der Waals surface area contributed by atoms with Crippen LogP contribution in [0.15, 0.2) is 28.8 Å². The molecule has 0 saturated heterocycles. The summed E-state index contributed by atoms with van der Waals surface area (Å²) in [6.45, 7) is 1.65. The Morgan fingerprint density at radius 1 is 1.38 bits per heavy atom. The van der Waals surface area contributed by atoms with E-state index in [1.165, 1.54) is 24.3 Å². The molecule has 0 fully saturated rings. The van der Waals surface area contributed by atoms with Crippen molar-refractivity contribution in [1.82, 2.24) is 5.16 Å². The number of nitrogens with one attached hydrogen (secondary N) is 1. The first-order chi connectivity index (χ1) is 9.75. The summed E-state index contributed by atoms with van der Waals surface area (Å²) in [7, 11) is -3.76. The van der Waals surface area contributed by atoms with Gasteiger partial charge in [-0.05, 0) is 25.1 Å². The first-order valence-electron chi connectivity index (χ1n) is 5.72. The predicted octanol–water partition coefficient (Wildman–Crippen LogP) is 2.28. The standard InChI is InChI=1S/C12H11ClN2O5S/c1-7-2-11(14-20-7)6-21(18,19)15-10-4-8(12(16)17)3-9(13)5-10/h2-5,15H,6H2,1H3,(H,16,17). The summed E-state index contributed by atoms with van der Waals surface area (Å²) in [5, 5.41) is 12.6. The van der Waals surface area contributed by atoms with Gasteiger partial charge in [0.05, 0.1) is 11.3 Å². The average Bonchev–Trinajstić information content (AvgIpc) is 2.72. The molecule has 2 aromatic rings. The number of carbonyl (C=O) groups is 1. The Bertz CT molecular complexity index is 785. The molecule has 7 nitrogen and oxygen atoms in total. The second-order valence-corrected chi connectivity index (χ2v) is 6.48. The molecule has 2 N–H and O–H groups in total. The summed E-state index contributed by atoms with van der Waals surface area (Å²) >= 11 is 5.76. The third kappa shape index (κ3) is 4.20. The van der Waals surface area contributed by atoms with Crippen molar-refractivity contribution in [3.63, 3.8) is 0 Å². The molecule has 0 atom stereocenters. The van der Waals surface area contributed by atoms with Crippen LogP contribution in [0.4, 0.5) is 5.69 Å². The number of halogens is 1. The lowest BCUT2D eigenvalue weighted by molar-refractivity contribution is 0.0697. The van der Waals surface area contributed by atoms with Gasteiger partial charge < -0.3 is 9.63 Å². The Morgan fingerprint density at radius 3 is 2.67 bits per heavy atom. The van der Waals surface area contributed by atoms with Gasteiger partial charge >= 0.3 is 5.97 Å². The highest BCUT2D eigenvalue weighted by atomic mass is 35.5. The zero-order valence-electron chi connectivity index (χ0n) is 10.8. The molecule has 9 heteroatoms. The average molecular weight is 331 g/mol. The number of hydrogen-bond acceptors (Lipinski definition) is 5. The summed E-state index contributed by atoms with van der Waals surface area (Å²) in [5.41, 5.74) is 0.207. The predicted molar refractivity (Wildman–Crippen MR) is 75.9 cm³/mol. The first kappa shape index (κ1) is 15.3. The number of benzene rings is 1. The molecule has 0 bridgehead atoms. The van der Waals surface area contributed by atoms with E-state index in [0.29, 0.717) is 5.76 Å². The zero-order valence-corrected chi connectivity index (χ0v) is 12.4. The van der Waals surface area contributed by atoms with Gasteiger partial charge in [0.2, 0.25) is 10.0 Å². The van der Waals surface area contributed by atoms with Crippen LogP contribution in [0.5, 0.6) is 0 Å². The minimum atomic E-state index is -3.76. The number of sulfonamides is 1. The van der Waals surface area contributed by atoms with E-state index >= 15 is 0 Å². The van der Waals surface area contributed by atoms with E-state index in [1.807, 2.05) is 0 Å². The molecule has 0 spiro atoms. The van der Waals surface area contributed by atoms with Gasteiger partial charge in [-0.25, -0.2) is 13.2 Å². The first-order valence-corrected chi connectivity index (χ1v) is 7.75. The normalized spacial score (nSPS) is 11.3. The van der Waals surface area contributed by atoms with Crippen molar-refractivity contribution in [3.8, 4) is 0 Å². The molecular formula is C12H11ClN2O5S. The lowest BCUT2D eigenvalue weighted by atomic mass is 10.2. The third-order valence-corrected chi connectivity index (χ3v) is 3.87. The Balaban J connectivity index is 2.22. The van der Waals surface area contributed by atoms with Crippen LogP contribution < -0.4 is 4.72 Å². The molecule has 0 radical (unpaired) electrons. The summed E-state index contributed by atoms with van der Waals surface area (Å²) in [6, 6.07) is 5.22. The van der Waals surface area contributed by atoms with E-state index in [1.54, 1.807) is 6.92 Å². The van der Waals surface area contributed by atoms with Crippen LogP contribution in [0.3, 0.4) is 0 Å². The summed E-state index contributed by atoms with van der Waals surface area (Å²) in [6.07, 6.45) is 0. The molecular weight excluding hydrogens is 320 g/mol. The number of carboxylic acid groups (broad SMARTS) is 1. The van der Waals surface area contributed by atoms with Crippen molar-refractivity contribution in [2.75, 3.05) is 4.72 Å². The fourth-order valence-electron chi connectivity index (χ4n) is 1.67. The van der Waals surface area contributed by atoms with Crippen molar-refractivity contribution in [1.29, 1.82) is 0 Å². The van der Waals surface area contributed by atoms with Crippen LogP contribution in [-0.2, 0) is 15.8 Å². The van der Waals surface area contributed by atoms with Gasteiger partial charge in [-0.15, -0.1) is 0 Å². The Labute approximate surface area is 125 Å². The molecule has 21 heavy (non-hydrogen) atoms. The van der Waals surface area contributed by atoms with Crippen molar-refractivity contribution >= 4 is 33.3 Å². The largest absolute Gasteiger partial charge is 0.478 e. The minimum absolute atomic E-state index is 0.0696. The molecule has 112 valence electrons. The van der Waals surface area contributed by atoms with E-state index in [4.69, 9.17) is 21.2 Å². The summed E-state index contributed by atoms with van der Waals surface area (Å²) in [5.74, 6) is -1.10. The summed E-state index contributed by atoms with van der Waals surface area (Å²) in [4.78, 5) is 10.9. The minimum Gasteiger partial charge on any atom is -0.478 e. The van der Waals surface area contributed by atoms with Crippen LogP contribution in [0, 0.1) is 6.92 Å². The maximum absolute atomic E-state index is 12.0. The fraction of sp³-hybridized carbons (Fsp3) is 0.167. The molecule has 1 heterocycles. The van der Waals surface area contributed by atoms with Gasteiger partial charge in [-0.3, -0.25) is 4.72 Å². The number of aromatic nitrogens is 1. The highest BCUT2D eigenvalue weighted by Crippen LogP contribution is 2.21. The number of hydrogen-bond donors (Lipinski definition) is 2. The highest BCUT2D eigenvalue weighted by Gasteiger charge is 2.16. The number of rotatable bonds is 5. The van der Waals surface area contributed by atoms with E-state index in [0.717, 1.165) is 0 Å². The topological polar surface area (TPSA) is 110 Å². The van der Waals surface area contributed by atoms with E-state index in [9.17, 15) is 13.2 Å². The molecule has 0 aliphatic heterocycles. The van der Waals surface area contributed by atoms with E-state index < -0.39 is 16.0 Å². The lowest BCUT2D eigenvalue weighted by Crippen LogP contribution is -2.15.